The van der Waals surface area contributed by atoms with Crippen molar-refractivity contribution in [1.29, 1.82) is 0 Å². The van der Waals surface area contributed by atoms with E-state index in [-0.39, 0.29) is 0 Å². The average molecular weight is 384 g/mol. The summed E-state index contributed by atoms with van der Waals surface area (Å²) in [5.74, 6) is 0.501. The summed E-state index contributed by atoms with van der Waals surface area (Å²) in [6.07, 6.45) is 4.10. The number of fused-ring (bicyclic) bond motifs is 1. The van der Waals surface area contributed by atoms with Crippen molar-refractivity contribution in [2.75, 3.05) is 18.5 Å². The lowest BCUT2D eigenvalue weighted by molar-refractivity contribution is 0.638. The van der Waals surface area contributed by atoms with Crippen LogP contribution < -0.4 is 4.90 Å². The van der Waals surface area contributed by atoms with Crippen molar-refractivity contribution >= 4 is 22.1 Å². The van der Waals surface area contributed by atoms with Crippen molar-refractivity contribution in [3.05, 3.63) is 41.4 Å². The lowest BCUT2D eigenvalue weighted by Crippen LogP contribution is -2.15. The fraction of sp³-hybridized carbons (Fsp3) is 0.476. The molecule has 5 nitrogen and oxygen atoms in total. The van der Waals surface area contributed by atoms with Gasteiger partial charge in [-0.05, 0) is 45.6 Å². The van der Waals surface area contributed by atoms with Gasteiger partial charge in [-0.25, -0.2) is 14.5 Å². The predicted molar refractivity (Wildman–Crippen MR) is 115 cm³/mol. The second-order valence-corrected chi connectivity index (χ2v) is 8.09. The number of anilines is 1. The van der Waals surface area contributed by atoms with Crippen molar-refractivity contribution in [3.63, 3.8) is 0 Å². The molecule has 0 aromatic carbocycles. The van der Waals surface area contributed by atoms with Gasteiger partial charge in [-0.15, -0.1) is 6.58 Å². The number of hydrogen-bond donors (Lipinski definition) is 0. The Morgan fingerprint density at radius 3 is 2.52 bits per heavy atom. The first kappa shape index (κ1) is 19.5. The molecule has 3 rings (SSSR count). The summed E-state index contributed by atoms with van der Waals surface area (Å²) >= 11 is 1.69. The molecule has 3 heterocycles. The summed E-state index contributed by atoms with van der Waals surface area (Å²) in [6, 6.07) is 2.20. The minimum absolute atomic E-state index is 0.501. The molecule has 0 amide bonds. The topological polar surface area (TPSA) is 46.3 Å². The molecular weight excluding hydrogens is 354 g/mol. The van der Waals surface area contributed by atoms with E-state index in [0.717, 1.165) is 57.8 Å². The van der Waals surface area contributed by atoms with Gasteiger partial charge < -0.3 is 4.90 Å². The highest BCUT2D eigenvalue weighted by atomic mass is 32.1. The number of aryl methyl sites for hydroxylation is 3. The fourth-order valence-electron chi connectivity index (χ4n) is 3.61. The van der Waals surface area contributed by atoms with Gasteiger partial charge in [0.05, 0.1) is 22.0 Å². The fourth-order valence-corrected chi connectivity index (χ4v) is 4.72. The normalized spacial score (nSPS) is 11.5. The molecule has 6 heteroatoms. The lowest BCUT2D eigenvalue weighted by Gasteiger charge is -2.14. The first-order chi connectivity index (χ1) is 12.9. The molecule has 0 bridgehead atoms. The van der Waals surface area contributed by atoms with E-state index < -0.39 is 0 Å². The first-order valence-electron chi connectivity index (χ1n) is 9.57. The van der Waals surface area contributed by atoms with Crippen LogP contribution in [0.25, 0.3) is 16.2 Å². The van der Waals surface area contributed by atoms with Gasteiger partial charge in [0.15, 0.2) is 10.8 Å². The molecule has 0 aliphatic heterocycles. The third-order valence-corrected chi connectivity index (χ3v) is 6.34. The standard InChI is InChI=1S/C21H29N5S/c1-8-11-25(7)21-23-15(6)19(27-21)18-14(5)22-20-17(16(9-2)10-3)12-13(4)24-26(18)20/h8,12,16H,1,9-11H2,2-7H3. The number of imidazole rings is 1. The van der Waals surface area contributed by atoms with Crippen LogP contribution in [0.15, 0.2) is 18.7 Å². The molecule has 0 atom stereocenters. The number of hydrogen-bond acceptors (Lipinski definition) is 5. The molecule has 3 aromatic rings. The van der Waals surface area contributed by atoms with E-state index in [1.807, 2.05) is 17.6 Å². The van der Waals surface area contributed by atoms with Crippen LogP contribution in [0, 0.1) is 20.8 Å². The van der Waals surface area contributed by atoms with Gasteiger partial charge in [0.1, 0.15) is 5.69 Å². The summed E-state index contributed by atoms with van der Waals surface area (Å²) in [7, 11) is 2.04. The quantitative estimate of drug-likeness (QED) is 0.519. The molecule has 0 N–H and O–H groups in total. The molecule has 0 unspecified atom stereocenters. The molecule has 0 saturated carbocycles. The molecule has 0 radical (unpaired) electrons. The summed E-state index contributed by atoms with van der Waals surface area (Å²) in [4.78, 5) is 13.0. The van der Waals surface area contributed by atoms with E-state index in [0.29, 0.717) is 5.92 Å². The largest absolute Gasteiger partial charge is 0.347 e. The van der Waals surface area contributed by atoms with E-state index in [4.69, 9.17) is 15.1 Å². The highest BCUT2D eigenvalue weighted by Crippen LogP contribution is 2.37. The third kappa shape index (κ3) is 3.50. The van der Waals surface area contributed by atoms with Crippen LogP contribution in [0.4, 0.5) is 5.13 Å². The van der Waals surface area contributed by atoms with Gasteiger partial charge >= 0.3 is 0 Å². The molecule has 144 valence electrons. The van der Waals surface area contributed by atoms with Crippen LogP contribution in [-0.2, 0) is 0 Å². The third-order valence-electron chi connectivity index (χ3n) is 5.06. The zero-order chi connectivity index (χ0) is 19.7. The molecule has 27 heavy (non-hydrogen) atoms. The number of nitrogens with zero attached hydrogens (tertiary/aromatic N) is 5. The minimum Gasteiger partial charge on any atom is -0.347 e. The Hall–Kier alpha value is -2.21. The summed E-state index contributed by atoms with van der Waals surface area (Å²) in [5, 5.41) is 5.81. The zero-order valence-electron chi connectivity index (χ0n) is 17.2. The highest BCUT2D eigenvalue weighted by Gasteiger charge is 2.23. The monoisotopic (exact) mass is 383 g/mol. The lowest BCUT2D eigenvalue weighted by atomic mass is 9.95. The van der Waals surface area contributed by atoms with Crippen LogP contribution >= 0.6 is 11.3 Å². The van der Waals surface area contributed by atoms with Gasteiger partial charge in [-0.3, -0.25) is 0 Å². The van der Waals surface area contributed by atoms with Gasteiger partial charge in [0.2, 0.25) is 0 Å². The smallest absolute Gasteiger partial charge is 0.186 e. The average Bonchev–Trinajstić information content (AvgIpc) is 3.15. The summed E-state index contributed by atoms with van der Waals surface area (Å²) in [5.41, 5.74) is 6.39. The molecule has 3 aromatic heterocycles. The molecular formula is C21H29N5S. The maximum atomic E-state index is 4.93. The molecule has 0 aliphatic rings. The number of aromatic nitrogens is 4. The van der Waals surface area contributed by atoms with E-state index in [9.17, 15) is 0 Å². The van der Waals surface area contributed by atoms with E-state index >= 15 is 0 Å². The Morgan fingerprint density at radius 1 is 1.19 bits per heavy atom. The summed E-state index contributed by atoms with van der Waals surface area (Å²) in [6.45, 7) is 15.3. The summed E-state index contributed by atoms with van der Waals surface area (Å²) < 4.78 is 2.04. The van der Waals surface area contributed by atoms with Crippen LogP contribution in [0.3, 0.4) is 0 Å². The van der Waals surface area contributed by atoms with Gasteiger partial charge in [0.25, 0.3) is 0 Å². The van der Waals surface area contributed by atoms with Crippen LogP contribution in [0.5, 0.6) is 0 Å². The molecule has 0 saturated heterocycles. The van der Waals surface area contributed by atoms with Crippen molar-refractivity contribution in [2.45, 2.75) is 53.4 Å². The molecule has 0 aliphatic carbocycles. The van der Waals surface area contributed by atoms with Gasteiger partial charge in [-0.2, -0.15) is 5.10 Å². The Labute approximate surface area is 165 Å². The number of thiazole rings is 1. The Bertz CT molecular complexity index is 965. The molecule has 0 fully saturated rings. The minimum atomic E-state index is 0.501. The second kappa shape index (κ2) is 7.80. The van der Waals surface area contributed by atoms with E-state index in [2.05, 4.69) is 52.2 Å². The van der Waals surface area contributed by atoms with Gasteiger partial charge in [-0.1, -0.05) is 31.3 Å². The zero-order valence-corrected chi connectivity index (χ0v) is 18.0. The maximum absolute atomic E-state index is 4.93. The SMILES string of the molecule is C=CCN(C)c1nc(C)c(-c2c(C)nc3c(C(CC)CC)cc(C)nn23)s1. The Kier molecular flexibility index (Phi) is 5.65. The van der Waals surface area contributed by atoms with Crippen LogP contribution in [-0.4, -0.2) is 33.2 Å². The van der Waals surface area contributed by atoms with Gasteiger partial charge in [0, 0.05) is 19.2 Å². The highest BCUT2D eigenvalue weighted by molar-refractivity contribution is 7.19. The number of likely N-dealkylation sites (N-methyl/N-ethyl adjacent to an activating group) is 1. The molecule has 0 spiro atoms. The predicted octanol–water partition coefficient (Wildman–Crippen LogP) is 5.30. The Morgan fingerprint density at radius 2 is 1.89 bits per heavy atom. The van der Waals surface area contributed by atoms with Crippen molar-refractivity contribution in [1.82, 2.24) is 19.6 Å². The van der Waals surface area contributed by atoms with Crippen molar-refractivity contribution in [2.24, 2.45) is 0 Å². The van der Waals surface area contributed by atoms with E-state index in [1.54, 1.807) is 11.3 Å². The second-order valence-electron chi connectivity index (χ2n) is 7.12. The first-order valence-corrected chi connectivity index (χ1v) is 10.4. The van der Waals surface area contributed by atoms with Crippen molar-refractivity contribution < 1.29 is 0 Å². The maximum Gasteiger partial charge on any atom is 0.186 e. The Balaban J connectivity index is 2.22. The van der Waals surface area contributed by atoms with Crippen LogP contribution in [0.1, 0.15) is 55.3 Å². The van der Waals surface area contributed by atoms with E-state index in [1.165, 1.54) is 5.56 Å². The van der Waals surface area contributed by atoms with Crippen LogP contribution in [0.2, 0.25) is 0 Å². The van der Waals surface area contributed by atoms with Crippen molar-refractivity contribution in [3.8, 4) is 10.6 Å². The number of rotatable bonds is 7.